The Morgan fingerprint density at radius 3 is 2.47 bits per heavy atom. The molecule has 0 N–H and O–H groups in total. The van der Waals surface area contributed by atoms with Gasteiger partial charge in [0, 0.05) is 12.0 Å². The van der Waals surface area contributed by atoms with Gasteiger partial charge in [-0.1, -0.05) is 5.92 Å². The van der Waals surface area contributed by atoms with Crippen molar-refractivity contribution in [2.24, 2.45) is 4.99 Å². The van der Waals surface area contributed by atoms with Gasteiger partial charge in [0.05, 0.1) is 19.8 Å². The van der Waals surface area contributed by atoms with Crippen molar-refractivity contribution in [1.82, 2.24) is 0 Å². The van der Waals surface area contributed by atoms with Crippen molar-refractivity contribution in [3.8, 4) is 12.3 Å². The Balaban J connectivity index is 4.28. The molecular weight excluding hydrogens is 213 g/mol. The lowest BCUT2D eigenvalue weighted by Gasteiger charge is -2.11. The van der Waals surface area contributed by atoms with Crippen LogP contribution in [0, 0.1) is 12.3 Å². The van der Waals surface area contributed by atoms with Crippen LogP contribution in [-0.4, -0.2) is 26.0 Å². The maximum absolute atomic E-state index is 11.8. The Kier molecular flexibility index (Phi) is 7.94. The van der Waals surface area contributed by atoms with Gasteiger partial charge in [0.25, 0.3) is 0 Å². The average molecular weight is 229 g/mol. The zero-order valence-electron chi connectivity index (χ0n) is 9.05. The van der Waals surface area contributed by atoms with Crippen LogP contribution in [0.1, 0.15) is 13.8 Å². The number of terminal acetylenes is 1. The minimum absolute atomic E-state index is 0.303. The van der Waals surface area contributed by atoms with E-state index in [9.17, 15) is 4.57 Å². The van der Waals surface area contributed by atoms with E-state index in [1.54, 1.807) is 13.8 Å². The summed E-state index contributed by atoms with van der Waals surface area (Å²) < 4.78 is 21.9. The Labute approximate surface area is 90.9 Å². The first kappa shape index (κ1) is 14.1. The Morgan fingerprint density at radius 2 is 2.00 bits per heavy atom. The van der Waals surface area contributed by atoms with Gasteiger partial charge in [-0.2, -0.15) is 0 Å². The number of rotatable bonds is 7. The molecule has 0 aliphatic heterocycles. The van der Waals surface area contributed by atoms with Gasteiger partial charge in [0.2, 0.25) is 0 Å². The number of nitrogens with zero attached hydrogens (tertiary/aromatic N) is 1. The number of hydrogen-bond acceptors (Lipinski definition) is 4. The second kappa shape index (κ2) is 8.43. The molecule has 0 radical (unpaired) electrons. The summed E-state index contributed by atoms with van der Waals surface area (Å²) in [6.45, 7) is 4.49. The van der Waals surface area contributed by atoms with Crippen molar-refractivity contribution in [3.63, 3.8) is 0 Å². The molecule has 0 amide bonds. The molecule has 0 saturated carbocycles. The van der Waals surface area contributed by atoms with Crippen molar-refractivity contribution >= 4 is 13.8 Å². The molecule has 4 nitrogen and oxygen atoms in total. The van der Waals surface area contributed by atoms with Gasteiger partial charge in [-0.15, -0.1) is 6.42 Å². The molecule has 0 atom stereocenters. The van der Waals surface area contributed by atoms with Crippen molar-refractivity contribution in [1.29, 1.82) is 0 Å². The van der Waals surface area contributed by atoms with Crippen LogP contribution < -0.4 is 0 Å². The zero-order valence-corrected chi connectivity index (χ0v) is 9.94. The molecule has 0 saturated heterocycles. The molecule has 0 heterocycles. The first-order valence-electron chi connectivity index (χ1n) is 4.68. The summed E-state index contributed by atoms with van der Waals surface area (Å²) in [7, 11) is -3.09. The van der Waals surface area contributed by atoms with Crippen molar-refractivity contribution < 1.29 is 13.6 Å². The van der Waals surface area contributed by atoms with Crippen LogP contribution in [0.4, 0.5) is 0 Å². The Morgan fingerprint density at radius 1 is 1.40 bits per heavy atom. The highest BCUT2D eigenvalue weighted by atomic mass is 31.2. The fourth-order valence-corrected chi connectivity index (χ4v) is 2.05. The summed E-state index contributed by atoms with van der Waals surface area (Å²) in [6.07, 6.45) is 7.99. The molecule has 15 heavy (non-hydrogen) atoms. The van der Waals surface area contributed by atoms with E-state index in [-0.39, 0.29) is 0 Å². The van der Waals surface area contributed by atoms with E-state index in [1.165, 1.54) is 18.1 Å². The quantitative estimate of drug-likeness (QED) is 0.383. The lowest BCUT2D eigenvalue weighted by molar-refractivity contribution is 0.229. The van der Waals surface area contributed by atoms with E-state index < -0.39 is 7.60 Å². The van der Waals surface area contributed by atoms with Crippen LogP contribution in [0.25, 0.3) is 0 Å². The predicted molar refractivity (Wildman–Crippen MR) is 62.2 cm³/mol. The summed E-state index contributed by atoms with van der Waals surface area (Å²) >= 11 is 0. The SMILES string of the molecule is C#CCN=C/C=C/P(=O)(OCC)OCC. The maximum Gasteiger partial charge on any atom is 0.354 e. The molecule has 0 aliphatic rings. The van der Waals surface area contributed by atoms with Crippen LogP contribution in [0.15, 0.2) is 16.9 Å². The molecule has 0 unspecified atom stereocenters. The molecule has 84 valence electrons. The van der Waals surface area contributed by atoms with Gasteiger partial charge in [0.1, 0.15) is 0 Å². The van der Waals surface area contributed by atoms with E-state index in [0.717, 1.165) is 0 Å². The van der Waals surface area contributed by atoms with Gasteiger partial charge in [-0.05, 0) is 19.9 Å². The third kappa shape index (κ3) is 7.10. The summed E-state index contributed by atoms with van der Waals surface area (Å²) in [5.41, 5.74) is 0. The Hall–Kier alpha value is -0.880. The number of allylic oxidation sites excluding steroid dienone is 1. The van der Waals surface area contributed by atoms with Crippen molar-refractivity contribution in [3.05, 3.63) is 11.9 Å². The molecule has 0 aromatic carbocycles. The first-order chi connectivity index (χ1) is 7.18. The van der Waals surface area contributed by atoms with Crippen LogP contribution in [0.2, 0.25) is 0 Å². The topological polar surface area (TPSA) is 47.9 Å². The highest BCUT2D eigenvalue weighted by molar-refractivity contribution is 7.57. The molecule has 0 aromatic heterocycles. The summed E-state index contributed by atoms with van der Waals surface area (Å²) in [5, 5.41) is 0. The normalized spacial score (nSPS) is 12.3. The molecule has 0 bridgehead atoms. The van der Waals surface area contributed by atoms with Crippen LogP contribution in [0.5, 0.6) is 0 Å². The molecule has 5 heteroatoms. The minimum Gasteiger partial charge on any atom is -0.306 e. The highest BCUT2D eigenvalue weighted by Gasteiger charge is 2.17. The van der Waals surface area contributed by atoms with E-state index >= 15 is 0 Å². The maximum atomic E-state index is 11.8. The van der Waals surface area contributed by atoms with Gasteiger partial charge in [-0.25, -0.2) is 0 Å². The molecule has 0 rings (SSSR count). The third-order valence-electron chi connectivity index (χ3n) is 1.26. The van der Waals surface area contributed by atoms with Crippen LogP contribution >= 0.6 is 7.60 Å². The fourth-order valence-electron chi connectivity index (χ4n) is 0.793. The second-order valence-corrected chi connectivity index (χ2v) is 4.30. The molecule has 0 aliphatic carbocycles. The monoisotopic (exact) mass is 229 g/mol. The standard InChI is InChI=1S/C10H16NO3P/c1-4-8-11-9-7-10-15(12,13-5-2)14-6-3/h1,7,9-10H,5-6,8H2,2-3H3/b10-7+,11-9?. The number of aliphatic imine (C=N–C) groups is 1. The molecule has 0 spiro atoms. The van der Waals surface area contributed by atoms with Crippen LogP contribution in [-0.2, 0) is 13.6 Å². The van der Waals surface area contributed by atoms with Crippen molar-refractivity contribution in [2.75, 3.05) is 19.8 Å². The average Bonchev–Trinajstić information content (AvgIpc) is 2.18. The van der Waals surface area contributed by atoms with Gasteiger partial charge >= 0.3 is 7.60 Å². The Bertz CT molecular complexity index is 294. The molecule has 0 aromatic rings. The van der Waals surface area contributed by atoms with E-state index in [4.69, 9.17) is 15.5 Å². The van der Waals surface area contributed by atoms with Gasteiger partial charge in [0.15, 0.2) is 0 Å². The van der Waals surface area contributed by atoms with Crippen molar-refractivity contribution in [2.45, 2.75) is 13.8 Å². The summed E-state index contributed by atoms with van der Waals surface area (Å²) in [4.78, 5) is 3.83. The lowest BCUT2D eigenvalue weighted by atomic mass is 10.6. The first-order valence-corrected chi connectivity index (χ1v) is 6.29. The third-order valence-corrected chi connectivity index (χ3v) is 3.03. The summed E-state index contributed by atoms with van der Waals surface area (Å²) in [6, 6.07) is 0. The zero-order chi connectivity index (χ0) is 11.6. The number of hydrogen-bond donors (Lipinski definition) is 0. The largest absolute Gasteiger partial charge is 0.354 e. The fraction of sp³-hybridized carbons (Fsp3) is 0.500. The van der Waals surface area contributed by atoms with Crippen LogP contribution in [0.3, 0.4) is 0 Å². The highest BCUT2D eigenvalue weighted by Crippen LogP contribution is 2.49. The smallest absolute Gasteiger partial charge is 0.306 e. The molecular formula is C10H16NO3P. The van der Waals surface area contributed by atoms with E-state index in [1.807, 2.05) is 0 Å². The predicted octanol–water partition coefficient (Wildman–Crippen LogP) is 2.47. The molecule has 0 fully saturated rings. The summed E-state index contributed by atoms with van der Waals surface area (Å²) in [5.74, 6) is 3.73. The van der Waals surface area contributed by atoms with Gasteiger partial charge in [-0.3, -0.25) is 9.56 Å². The van der Waals surface area contributed by atoms with E-state index in [0.29, 0.717) is 19.8 Å². The van der Waals surface area contributed by atoms with Gasteiger partial charge < -0.3 is 9.05 Å². The lowest BCUT2D eigenvalue weighted by Crippen LogP contribution is -1.92. The minimum atomic E-state index is -3.09. The van der Waals surface area contributed by atoms with E-state index in [2.05, 4.69) is 10.9 Å². The second-order valence-electron chi connectivity index (χ2n) is 2.41.